The van der Waals surface area contributed by atoms with Crippen molar-refractivity contribution in [1.29, 1.82) is 0 Å². The van der Waals surface area contributed by atoms with Gasteiger partial charge in [-0.15, -0.1) is 8.58 Å². The van der Waals surface area contributed by atoms with Crippen LogP contribution in [0, 0.1) is 0 Å². The molecule has 0 rings (SSSR count). The maximum atomic E-state index is 3.81. The lowest BCUT2D eigenvalue weighted by Crippen LogP contribution is -1.71. The summed E-state index contributed by atoms with van der Waals surface area (Å²) in [7, 11) is 2.82. The molecule has 0 aromatic carbocycles. The molecule has 1 atom stereocenters. The highest BCUT2D eigenvalue weighted by molar-refractivity contribution is 7.38. The quantitative estimate of drug-likeness (QED) is 0.365. The Morgan fingerprint density at radius 2 is 2.50 bits per heavy atom. The predicted octanol–water partition coefficient (Wildman–Crippen LogP) is 0.995. The Kier molecular flexibility index (Phi) is 5.18. The molecule has 1 nitrogen and oxygen atoms in total. The zero-order valence-corrected chi connectivity index (χ0v) is 5.23. The molecule has 0 aromatic heterocycles. The molecule has 0 saturated heterocycles. The lowest BCUT2D eigenvalue weighted by atomic mass is 10.9. The van der Waals surface area contributed by atoms with Gasteiger partial charge in [-0.05, 0) is 12.8 Å². The molecule has 0 aliphatic heterocycles. The van der Waals surface area contributed by atoms with Crippen LogP contribution in [0.3, 0.4) is 0 Å². The SMILES string of the molecule is CN=CCPC. The van der Waals surface area contributed by atoms with E-state index < -0.39 is 0 Å². The molecule has 0 radical (unpaired) electrons. The van der Waals surface area contributed by atoms with Crippen molar-refractivity contribution < 1.29 is 0 Å². The second kappa shape index (κ2) is 5.10. The molecule has 0 aromatic rings. The standard InChI is InChI=1S/C4H10NP/c1-5-3-4-6-2/h3,6H,4H2,1-2H3. The van der Waals surface area contributed by atoms with Crippen LogP contribution < -0.4 is 0 Å². The van der Waals surface area contributed by atoms with Crippen LogP contribution in [0.25, 0.3) is 0 Å². The summed E-state index contributed by atoms with van der Waals surface area (Å²) in [4.78, 5) is 3.81. The number of rotatable bonds is 2. The van der Waals surface area contributed by atoms with Gasteiger partial charge in [0, 0.05) is 13.3 Å². The van der Waals surface area contributed by atoms with Crippen molar-refractivity contribution in [1.82, 2.24) is 0 Å². The molecule has 0 aliphatic carbocycles. The van der Waals surface area contributed by atoms with Gasteiger partial charge in [0.25, 0.3) is 0 Å². The Bertz CT molecular complexity index is 42.8. The van der Waals surface area contributed by atoms with Crippen molar-refractivity contribution in [2.75, 3.05) is 19.9 Å². The average Bonchev–Trinajstić information content (AvgIpc) is 1.61. The van der Waals surface area contributed by atoms with Crippen LogP contribution in [-0.2, 0) is 0 Å². The normalized spacial score (nSPS) is 12.3. The molecule has 0 N–H and O–H groups in total. The van der Waals surface area contributed by atoms with Gasteiger partial charge in [0.05, 0.1) is 0 Å². The minimum atomic E-state index is 1.02. The summed E-state index contributed by atoms with van der Waals surface area (Å²) in [6, 6.07) is 0. The summed E-state index contributed by atoms with van der Waals surface area (Å²) >= 11 is 0. The molecule has 0 heterocycles. The first-order valence-electron chi connectivity index (χ1n) is 1.97. The lowest BCUT2D eigenvalue weighted by Gasteiger charge is -1.76. The van der Waals surface area contributed by atoms with Crippen molar-refractivity contribution in [3.8, 4) is 0 Å². The van der Waals surface area contributed by atoms with Gasteiger partial charge in [-0.25, -0.2) is 0 Å². The van der Waals surface area contributed by atoms with Gasteiger partial charge < -0.3 is 4.99 Å². The molecule has 2 heteroatoms. The molecule has 0 amide bonds. The van der Waals surface area contributed by atoms with Gasteiger partial charge in [-0.1, -0.05) is 0 Å². The van der Waals surface area contributed by atoms with E-state index in [4.69, 9.17) is 0 Å². The Morgan fingerprint density at radius 1 is 1.83 bits per heavy atom. The van der Waals surface area contributed by atoms with Crippen LogP contribution in [0.1, 0.15) is 0 Å². The summed E-state index contributed by atoms with van der Waals surface area (Å²) in [5.74, 6) is 0. The van der Waals surface area contributed by atoms with E-state index >= 15 is 0 Å². The monoisotopic (exact) mass is 103 g/mol. The zero-order valence-electron chi connectivity index (χ0n) is 4.23. The largest absolute Gasteiger partial charge is 0.300 e. The Hall–Kier alpha value is 0.100. The van der Waals surface area contributed by atoms with Crippen molar-refractivity contribution in [3.05, 3.63) is 0 Å². The minimum absolute atomic E-state index is 1.02. The summed E-state index contributed by atoms with van der Waals surface area (Å²) < 4.78 is 0. The van der Waals surface area contributed by atoms with Crippen molar-refractivity contribution >= 4 is 14.8 Å². The third-order valence-electron chi connectivity index (χ3n) is 0.478. The molecular formula is C4H10NP. The first-order valence-corrected chi connectivity index (χ1v) is 3.67. The fraction of sp³-hybridized carbons (Fsp3) is 0.750. The molecule has 0 fully saturated rings. The molecule has 0 aliphatic rings. The lowest BCUT2D eigenvalue weighted by molar-refractivity contribution is 1.46. The fourth-order valence-electron chi connectivity index (χ4n) is 0.183. The molecule has 36 valence electrons. The predicted molar refractivity (Wildman–Crippen MR) is 33.5 cm³/mol. The molecule has 0 bridgehead atoms. The average molecular weight is 103 g/mol. The van der Waals surface area contributed by atoms with E-state index in [1.807, 2.05) is 6.21 Å². The van der Waals surface area contributed by atoms with Crippen LogP contribution in [0.2, 0.25) is 0 Å². The second-order valence-electron chi connectivity index (χ2n) is 0.998. The molecule has 0 spiro atoms. The van der Waals surface area contributed by atoms with Gasteiger partial charge >= 0.3 is 0 Å². The summed E-state index contributed by atoms with van der Waals surface area (Å²) in [5.41, 5.74) is 0. The highest BCUT2D eigenvalue weighted by Crippen LogP contribution is 1.95. The maximum absolute atomic E-state index is 3.81. The number of nitrogens with zero attached hydrogens (tertiary/aromatic N) is 1. The maximum Gasteiger partial charge on any atom is 0.0273 e. The van der Waals surface area contributed by atoms with Gasteiger partial charge in [0.15, 0.2) is 0 Å². The highest BCUT2D eigenvalue weighted by atomic mass is 31.1. The second-order valence-corrected chi connectivity index (χ2v) is 2.11. The third-order valence-corrected chi connectivity index (χ3v) is 1.07. The van der Waals surface area contributed by atoms with E-state index in [0.29, 0.717) is 0 Å². The molecule has 6 heavy (non-hydrogen) atoms. The smallest absolute Gasteiger partial charge is 0.0273 e. The summed E-state index contributed by atoms with van der Waals surface area (Å²) in [6.07, 6.45) is 3.09. The number of hydrogen-bond donors (Lipinski definition) is 0. The molecular weight excluding hydrogens is 93.0 g/mol. The van der Waals surface area contributed by atoms with Crippen LogP contribution in [0.15, 0.2) is 4.99 Å². The number of hydrogen-bond acceptors (Lipinski definition) is 1. The molecule has 0 saturated carbocycles. The van der Waals surface area contributed by atoms with Crippen LogP contribution in [-0.4, -0.2) is 26.1 Å². The van der Waals surface area contributed by atoms with Gasteiger partial charge in [-0.2, -0.15) is 0 Å². The third kappa shape index (κ3) is 4.10. The first-order chi connectivity index (χ1) is 2.91. The first kappa shape index (κ1) is 6.10. The summed E-state index contributed by atoms with van der Waals surface area (Å²) in [6.45, 7) is 2.17. The molecule has 1 unspecified atom stereocenters. The minimum Gasteiger partial charge on any atom is -0.300 e. The van der Waals surface area contributed by atoms with E-state index in [1.54, 1.807) is 7.05 Å². The van der Waals surface area contributed by atoms with Gasteiger partial charge in [0.1, 0.15) is 0 Å². The van der Waals surface area contributed by atoms with E-state index in [-0.39, 0.29) is 0 Å². The Morgan fingerprint density at radius 3 is 2.67 bits per heavy atom. The van der Waals surface area contributed by atoms with Crippen LogP contribution in [0.5, 0.6) is 0 Å². The van der Waals surface area contributed by atoms with E-state index in [9.17, 15) is 0 Å². The van der Waals surface area contributed by atoms with Gasteiger partial charge in [0.2, 0.25) is 0 Å². The Labute approximate surface area is 40.6 Å². The highest BCUT2D eigenvalue weighted by Gasteiger charge is 1.65. The topological polar surface area (TPSA) is 12.4 Å². The van der Waals surface area contributed by atoms with E-state index in [1.165, 1.54) is 0 Å². The van der Waals surface area contributed by atoms with Gasteiger partial charge in [-0.3, -0.25) is 0 Å². The van der Waals surface area contributed by atoms with Crippen molar-refractivity contribution in [3.63, 3.8) is 0 Å². The van der Waals surface area contributed by atoms with Crippen LogP contribution in [0.4, 0.5) is 0 Å². The fourth-order valence-corrected chi connectivity index (χ4v) is 0.548. The zero-order chi connectivity index (χ0) is 4.83. The van der Waals surface area contributed by atoms with Crippen molar-refractivity contribution in [2.24, 2.45) is 4.99 Å². The number of aliphatic imine (C=N–C) groups is 1. The summed E-state index contributed by atoms with van der Waals surface area (Å²) in [5, 5.41) is 0. The van der Waals surface area contributed by atoms with Crippen molar-refractivity contribution in [2.45, 2.75) is 0 Å². The van der Waals surface area contributed by atoms with E-state index in [2.05, 4.69) is 11.7 Å². The van der Waals surface area contributed by atoms with E-state index in [0.717, 1.165) is 14.7 Å². The van der Waals surface area contributed by atoms with Crippen LogP contribution >= 0.6 is 8.58 Å². The Balaban J connectivity index is 2.66.